The second-order valence-corrected chi connectivity index (χ2v) is 19.9. The van der Waals surface area contributed by atoms with Gasteiger partial charge in [-0.2, -0.15) is 0 Å². The Morgan fingerprint density at radius 3 is 1.11 bits per heavy atom. The van der Waals surface area contributed by atoms with Crippen LogP contribution in [0, 0.1) is 0 Å². The summed E-state index contributed by atoms with van der Waals surface area (Å²) in [4.78, 5) is 5.88. The predicted octanol–water partition coefficient (Wildman–Crippen LogP) is 16.9. The quantitative estimate of drug-likeness (QED) is 0.0620. The number of hydrogen-bond acceptors (Lipinski definition) is 4. The first kappa shape index (κ1) is 36.8. The lowest BCUT2D eigenvalue weighted by atomic mass is 10.0. The van der Waals surface area contributed by atoms with Crippen molar-refractivity contribution in [2.24, 2.45) is 0 Å². The van der Waals surface area contributed by atoms with Gasteiger partial charge in [-0.1, -0.05) is 129 Å². The third kappa shape index (κ3) is 12.2. The first-order valence-electron chi connectivity index (χ1n) is 17.7. The molecule has 0 N–H and O–H groups in total. The molecule has 0 amide bonds. The number of aryl methyl sites for hydroxylation is 2. The van der Waals surface area contributed by atoms with E-state index in [9.17, 15) is 0 Å². The molecule has 0 radical (unpaired) electrons. The highest BCUT2D eigenvalue weighted by atomic mass is 79.9. The van der Waals surface area contributed by atoms with Crippen molar-refractivity contribution in [3.05, 3.63) is 43.0 Å². The van der Waals surface area contributed by atoms with E-state index in [4.69, 9.17) is 0 Å². The van der Waals surface area contributed by atoms with Gasteiger partial charge in [-0.15, -0.1) is 45.3 Å². The Morgan fingerprint density at radius 1 is 0.432 bits per heavy atom. The topological polar surface area (TPSA) is 0 Å². The summed E-state index contributed by atoms with van der Waals surface area (Å²) in [6.07, 6.45) is 30.3. The van der Waals surface area contributed by atoms with Crippen molar-refractivity contribution in [1.82, 2.24) is 0 Å². The van der Waals surface area contributed by atoms with Crippen molar-refractivity contribution in [3.63, 3.8) is 0 Å². The van der Waals surface area contributed by atoms with E-state index in [1.165, 1.54) is 189 Å². The number of fused-ring (bicyclic) bond motifs is 1. The van der Waals surface area contributed by atoms with E-state index in [0.717, 1.165) is 0 Å². The minimum Gasteiger partial charge on any atom is -0.127 e. The van der Waals surface area contributed by atoms with Crippen LogP contribution >= 0.6 is 77.2 Å². The zero-order valence-corrected chi connectivity index (χ0v) is 33.7. The molecule has 0 aliphatic heterocycles. The summed E-state index contributed by atoms with van der Waals surface area (Å²) in [7, 11) is 0. The van der Waals surface area contributed by atoms with Gasteiger partial charge in [0.25, 0.3) is 0 Å². The summed E-state index contributed by atoms with van der Waals surface area (Å²) in [6, 6.07) is 9.70. The smallest absolute Gasteiger partial charge is 0.0878 e. The predicted molar refractivity (Wildman–Crippen MR) is 213 cm³/mol. The van der Waals surface area contributed by atoms with Crippen LogP contribution in [0.2, 0.25) is 0 Å². The molecule has 4 aromatic rings. The van der Waals surface area contributed by atoms with Crippen molar-refractivity contribution < 1.29 is 0 Å². The third-order valence-electron chi connectivity index (χ3n) is 8.82. The molecule has 244 valence electrons. The van der Waals surface area contributed by atoms with Gasteiger partial charge in [-0.25, -0.2) is 0 Å². The second kappa shape index (κ2) is 21.1. The van der Waals surface area contributed by atoms with Gasteiger partial charge in [-0.05, 0) is 92.9 Å². The highest BCUT2D eigenvalue weighted by Crippen LogP contribution is 2.48. The number of halogens is 2. The van der Waals surface area contributed by atoms with Gasteiger partial charge in [0.1, 0.15) is 0 Å². The zero-order valence-electron chi connectivity index (χ0n) is 27.3. The normalized spacial score (nSPS) is 11.8. The molecule has 0 fully saturated rings. The van der Waals surface area contributed by atoms with Crippen molar-refractivity contribution in [3.8, 4) is 19.5 Å². The largest absolute Gasteiger partial charge is 0.127 e. The average Bonchev–Trinajstić information content (AvgIpc) is 3.77. The fraction of sp³-hybridized carbons (Fsp3) is 0.632. The molecule has 4 rings (SSSR count). The molecule has 0 aliphatic carbocycles. The summed E-state index contributed by atoms with van der Waals surface area (Å²) in [6.45, 7) is 4.60. The maximum Gasteiger partial charge on any atom is 0.0878 e. The standard InChI is InChI=1S/C38H54Br2S4/c1-3-5-7-9-11-13-15-17-19-21-23-29-27-34(39)43-36(29)32-25-31-26-33(42-38(31)41-32)37-30(28-35(40)44-37)24-22-20-18-16-14-12-10-8-6-4-2/h25-28H,3-24H2,1-2H3. The van der Waals surface area contributed by atoms with Crippen LogP contribution in [-0.4, -0.2) is 0 Å². The van der Waals surface area contributed by atoms with Crippen molar-refractivity contribution >= 4 is 86.6 Å². The number of unbranched alkanes of at least 4 members (excludes halogenated alkanes) is 18. The first-order valence-corrected chi connectivity index (χ1v) is 22.5. The van der Waals surface area contributed by atoms with E-state index in [1.807, 2.05) is 45.3 Å². The summed E-state index contributed by atoms with van der Waals surface area (Å²) in [5.74, 6) is 0. The first-order chi connectivity index (χ1) is 21.6. The average molecular weight is 799 g/mol. The van der Waals surface area contributed by atoms with Gasteiger partial charge in [0, 0.05) is 24.9 Å². The lowest BCUT2D eigenvalue weighted by Gasteiger charge is -2.04. The highest BCUT2D eigenvalue weighted by molar-refractivity contribution is 9.11. The van der Waals surface area contributed by atoms with Gasteiger partial charge in [0.2, 0.25) is 0 Å². The Hall–Kier alpha value is 0.0200. The Kier molecular flexibility index (Phi) is 17.7. The van der Waals surface area contributed by atoms with E-state index in [1.54, 1.807) is 0 Å². The Labute approximate surface area is 301 Å². The monoisotopic (exact) mass is 796 g/mol. The molecule has 0 saturated carbocycles. The van der Waals surface area contributed by atoms with Gasteiger partial charge in [0.05, 0.1) is 11.6 Å². The number of thiophene rings is 4. The maximum atomic E-state index is 3.81. The van der Waals surface area contributed by atoms with Crippen LogP contribution in [0.1, 0.15) is 153 Å². The molecule has 0 bridgehead atoms. The van der Waals surface area contributed by atoms with Crippen molar-refractivity contribution in [2.75, 3.05) is 0 Å². The lowest BCUT2D eigenvalue weighted by molar-refractivity contribution is 0.556. The molecular formula is C38H54Br2S4. The summed E-state index contributed by atoms with van der Waals surface area (Å²) in [5.41, 5.74) is 3.08. The minimum absolute atomic E-state index is 1.20. The van der Waals surface area contributed by atoms with E-state index < -0.39 is 0 Å². The third-order valence-corrected chi connectivity index (χ3v) is 14.9. The minimum atomic E-state index is 1.20. The van der Waals surface area contributed by atoms with Crippen LogP contribution in [-0.2, 0) is 12.8 Å². The molecule has 0 nitrogen and oxygen atoms in total. The Balaban J connectivity index is 1.25. The molecule has 0 aliphatic rings. The molecule has 0 aromatic carbocycles. The van der Waals surface area contributed by atoms with Gasteiger partial charge in [-0.3, -0.25) is 0 Å². The van der Waals surface area contributed by atoms with Crippen LogP contribution in [0.15, 0.2) is 31.8 Å². The molecule has 0 saturated heterocycles. The molecule has 0 atom stereocenters. The van der Waals surface area contributed by atoms with Crippen molar-refractivity contribution in [2.45, 2.75) is 155 Å². The lowest BCUT2D eigenvalue weighted by Crippen LogP contribution is -1.87. The molecule has 0 spiro atoms. The van der Waals surface area contributed by atoms with Gasteiger partial charge >= 0.3 is 0 Å². The maximum absolute atomic E-state index is 3.81. The fourth-order valence-corrected chi connectivity index (χ4v) is 12.4. The SMILES string of the molecule is CCCCCCCCCCCCc1cc(Br)sc1-c1cc2cc(-c3sc(Br)cc3CCCCCCCCCCCC)sc2s1. The van der Waals surface area contributed by atoms with E-state index in [0.29, 0.717) is 0 Å². The summed E-state index contributed by atoms with van der Waals surface area (Å²) < 4.78 is 4.01. The van der Waals surface area contributed by atoms with Crippen LogP contribution < -0.4 is 0 Å². The summed E-state index contributed by atoms with van der Waals surface area (Å²) in [5, 5.41) is 1.42. The van der Waals surface area contributed by atoms with Crippen LogP contribution in [0.3, 0.4) is 0 Å². The van der Waals surface area contributed by atoms with Gasteiger partial charge < -0.3 is 0 Å². The molecule has 4 aromatic heterocycles. The molecule has 0 unspecified atom stereocenters. The Morgan fingerprint density at radius 2 is 0.773 bits per heavy atom. The van der Waals surface area contributed by atoms with E-state index in [-0.39, 0.29) is 0 Å². The molecular weight excluding hydrogens is 744 g/mol. The highest BCUT2D eigenvalue weighted by Gasteiger charge is 2.17. The fourth-order valence-electron chi connectivity index (χ4n) is 6.25. The zero-order chi connectivity index (χ0) is 31.0. The van der Waals surface area contributed by atoms with Crippen LogP contribution in [0.4, 0.5) is 0 Å². The number of hydrogen-bond donors (Lipinski definition) is 0. The van der Waals surface area contributed by atoms with E-state index in [2.05, 4.69) is 70.0 Å². The van der Waals surface area contributed by atoms with Crippen LogP contribution in [0.25, 0.3) is 28.9 Å². The van der Waals surface area contributed by atoms with Crippen LogP contribution in [0.5, 0.6) is 0 Å². The molecule has 6 heteroatoms. The molecule has 44 heavy (non-hydrogen) atoms. The summed E-state index contributed by atoms with van der Waals surface area (Å²) >= 11 is 15.5. The molecule has 4 heterocycles. The van der Waals surface area contributed by atoms with Crippen molar-refractivity contribution in [1.29, 1.82) is 0 Å². The van der Waals surface area contributed by atoms with E-state index >= 15 is 0 Å². The Bertz CT molecular complexity index is 1210. The number of rotatable bonds is 24. The second-order valence-electron chi connectivity index (χ2n) is 12.6. The van der Waals surface area contributed by atoms with Gasteiger partial charge in [0.15, 0.2) is 0 Å².